The number of imidazole rings is 4. The molecule has 8 fully saturated rings. The maximum absolute atomic E-state index is 13.9. The summed E-state index contributed by atoms with van der Waals surface area (Å²) in [5, 5.41) is 0. The molecule has 632 valence electrons. The molecule has 24 rings (SSSR count). The highest BCUT2D eigenvalue weighted by Gasteiger charge is 2.59. The predicted octanol–water partition coefficient (Wildman–Crippen LogP) is 9.54. The Hall–Kier alpha value is -11.6. The van der Waals surface area contributed by atoms with E-state index in [4.69, 9.17) is 96.2 Å². The standard InChI is InChI=1S/C22H27F2N7O2.C21H26N8O2.C19H19F3N8O.C18H19N7O/c1-5-12(2)33-14-8-13(9-26-16(14)25)17-28-18(30-10-22(23,24)11-30)15-19(29-17)31-6-7-32-21(3,4)20(31)27-15;1-21(2)19-25-14-17(28(19)6-7-31-21)26-16(12-8-23-20(22)24-9-12)27-18(14)29-10-11-4-5-13(29)15(11)30-3;1-18(19(20,21)22)16-26-12-14(29(16)2-3-31-18)27-13(10-6-24-17(23)25-7-10)28-15(12)30-8-9-4-11(30)5-9;19-17-20-8-11(9-21-17)14-22-12(10-2-3-10)13-15(24-14)25-6-7-26-18(4-1-5-18)16(25)23-13/h8-9,12H,5-7,10-11H2,1-4H3,(H2,25,26);8-9,11,13,15H,4-7,10H2,1-3H3,(H2,22,23,24);6-7,9,11H,2-5,8H2,1H3,(H2,23,24,25);8-10H,1-7H2,(H2,19,20,21). The van der Waals surface area contributed by atoms with E-state index in [-0.39, 0.29) is 60.4 Å². The van der Waals surface area contributed by atoms with Crippen LogP contribution in [0.3, 0.4) is 0 Å². The molecule has 0 amide bonds. The van der Waals surface area contributed by atoms with E-state index >= 15 is 0 Å². The van der Waals surface area contributed by atoms with E-state index in [9.17, 15) is 22.0 Å². The molecule has 12 aromatic heterocycles. The van der Waals surface area contributed by atoms with Gasteiger partial charge >= 0.3 is 6.18 Å². The molecule has 12 aliphatic rings. The Bertz CT molecular complexity index is 6040. The number of piperidine rings is 1. The second-order valence-corrected chi connectivity index (χ2v) is 34.2. The zero-order valence-electron chi connectivity index (χ0n) is 68.0. The first-order valence-electron chi connectivity index (χ1n) is 41.1. The molecule has 36 nitrogen and oxygen atoms in total. The lowest BCUT2D eigenvalue weighted by atomic mass is 9.78. The Morgan fingerprint density at radius 2 is 0.983 bits per heavy atom. The summed E-state index contributed by atoms with van der Waals surface area (Å²) in [5.41, 5.74) is 28.0. The third-order valence-corrected chi connectivity index (χ3v) is 25.3. The van der Waals surface area contributed by atoms with Crippen LogP contribution >= 0.6 is 0 Å². The first-order valence-corrected chi connectivity index (χ1v) is 41.1. The lowest BCUT2D eigenvalue weighted by Crippen LogP contribution is -2.56. The van der Waals surface area contributed by atoms with Gasteiger partial charge in [-0.2, -0.15) is 13.2 Å². The first kappa shape index (κ1) is 78.0. The molecule has 4 aliphatic carbocycles. The van der Waals surface area contributed by atoms with Crippen LogP contribution in [0, 0.1) is 11.8 Å². The topological polar surface area (TPSA) is 434 Å². The molecule has 20 heterocycles. The van der Waals surface area contributed by atoms with Gasteiger partial charge in [0.15, 0.2) is 97.3 Å². The molecule has 0 radical (unpaired) electrons. The smallest absolute Gasteiger partial charge is 0.424 e. The average molecular weight is 1660 g/mol. The Balaban J connectivity index is 0.000000103. The van der Waals surface area contributed by atoms with Gasteiger partial charge in [-0.05, 0) is 118 Å². The number of anilines is 7. The van der Waals surface area contributed by atoms with Gasteiger partial charge in [0.25, 0.3) is 5.92 Å². The van der Waals surface area contributed by atoms with Crippen LogP contribution in [0.15, 0.2) is 49.4 Å². The van der Waals surface area contributed by atoms with Gasteiger partial charge in [-0.3, -0.25) is 0 Å². The maximum atomic E-state index is 13.9. The van der Waals surface area contributed by atoms with Crippen molar-refractivity contribution in [1.82, 2.24) is 113 Å². The van der Waals surface area contributed by atoms with E-state index in [1.807, 2.05) is 46.1 Å². The Labute approximate surface area is 688 Å². The van der Waals surface area contributed by atoms with Crippen molar-refractivity contribution in [3.05, 3.63) is 78.4 Å². The molecule has 5 unspecified atom stereocenters. The fourth-order valence-electron chi connectivity index (χ4n) is 18.4. The van der Waals surface area contributed by atoms with Crippen LogP contribution < -0.4 is 42.4 Å². The molecule has 12 aromatic rings. The number of hydrogen-bond acceptors (Lipinski definition) is 32. The van der Waals surface area contributed by atoms with Gasteiger partial charge in [0.2, 0.25) is 23.4 Å². The molecule has 1 spiro atoms. The zero-order chi connectivity index (χ0) is 83.7. The summed E-state index contributed by atoms with van der Waals surface area (Å²) in [4.78, 5) is 92.2. The van der Waals surface area contributed by atoms with Crippen molar-refractivity contribution in [2.24, 2.45) is 11.8 Å². The average Bonchev–Trinajstić information content (AvgIpc) is 1.56. The van der Waals surface area contributed by atoms with Crippen molar-refractivity contribution in [1.29, 1.82) is 0 Å². The number of nitrogen functional groups attached to an aromatic ring is 4. The number of nitrogens with two attached hydrogens (primary N) is 4. The molecule has 5 atom stereocenters. The minimum Gasteiger partial charge on any atom is -0.487 e. The third kappa shape index (κ3) is 13.4. The molecule has 8 N–H and O–H groups in total. The summed E-state index contributed by atoms with van der Waals surface area (Å²) in [5.74, 6) is 6.20. The van der Waals surface area contributed by atoms with Crippen molar-refractivity contribution in [3.63, 3.8) is 0 Å². The van der Waals surface area contributed by atoms with Crippen molar-refractivity contribution in [2.45, 2.75) is 204 Å². The minimum absolute atomic E-state index is 0.0456. The van der Waals surface area contributed by atoms with Crippen LogP contribution in [0.1, 0.15) is 148 Å². The van der Waals surface area contributed by atoms with E-state index in [1.54, 1.807) is 44.2 Å². The number of rotatable bonds is 12. The van der Waals surface area contributed by atoms with Crippen LogP contribution in [0.25, 0.3) is 90.2 Å². The Morgan fingerprint density at radius 3 is 1.47 bits per heavy atom. The first-order chi connectivity index (χ1) is 58.0. The van der Waals surface area contributed by atoms with Gasteiger partial charge in [-0.1, -0.05) is 6.92 Å². The molecule has 41 heteroatoms. The number of hydrogen-bond donors (Lipinski definition) is 4. The molecule has 121 heavy (non-hydrogen) atoms. The molecule has 4 saturated heterocycles. The number of alkyl halides is 5. The Morgan fingerprint density at radius 1 is 0.521 bits per heavy atom. The number of nitrogens with zero attached hydrogens (tertiary/aromatic N) is 26. The number of methoxy groups -OCH3 is 1. The normalized spacial score (nSPS) is 23.7. The fraction of sp³-hybridized carbons (Fsp3) is 0.537. The molecular formula is C80H91F5N30O6. The highest BCUT2D eigenvalue weighted by atomic mass is 19.4. The number of aromatic nitrogens is 23. The third-order valence-electron chi connectivity index (χ3n) is 25.3. The lowest BCUT2D eigenvalue weighted by Gasteiger charge is -2.43. The fourth-order valence-corrected chi connectivity index (χ4v) is 18.4. The molecular weight excluding hydrogens is 1570 g/mol. The van der Waals surface area contributed by atoms with Crippen LogP contribution in [0.5, 0.6) is 5.75 Å². The van der Waals surface area contributed by atoms with Gasteiger partial charge in [0, 0.05) is 113 Å². The maximum Gasteiger partial charge on any atom is 0.424 e. The largest absolute Gasteiger partial charge is 0.487 e. The highest BCUT2D eigenvalue weighted by Crippen LogP contribution is 2.52. The summed E-state index contributed by atoms with van der Waals surface area (Å²) in [6.45, 7) is 17.8. The summed E-state index contributed by atoms with van der Waals surface area (Å²) in [6, 6.07) is 2.36. The molecule has 0 aromatic carbocycles. The second kappa shape index (κ2) is 28.8. The summed E-state index contributed by atoms with van der Waals surface area (Å²) < 4.78 is 112. The summed E-state index contributed by atoms with van der Waals surface area (Å²) in [7, 11) is 1.81. The number of fused-ring (bicyclic) bond motifs is 16. The molecule has 4 saturated carbocycles. The highest BCUT2D eigenvalue weighted by molar-refractivity contribution is 5.90. The van der Waals surface area contributed by atoms with Crippen LogP contribution in [-0.2, 0) is 72.3 Å². The van der Waals surface area contributed by atoms with Crippen molar-refractivity contribution in [3.8, 4) is 51.3 Å². The Kier molecular flexibility index (Phi) is 18.6. The number of halogens is 5. The lowest BCUT2D eigenvalue weighted by molar-refractivity contribution is -0.288. The zero-order valence-corrected chi connectivity index (χ0v) is 68.0. The van der Waals surface area contributed by atoms with Crippen molar-refractivity contribution < 1.29 is 50.4 Å². The van der Waals surface area contributed by atoms with Gasteiger partial charge in [-0.15, -0.1) is 0 Å². The predicted molar refractivity (Wildman–Crippen MR) is 432 cm³/mol. The summed E-state index contributed by atoms with van der Waals surface area (Å²) in [6.07, 6.45) is 17.6. The van der Waals surface area contributed by atoms with Gasteiger partial charge in [0.05, 0.1) is 80.2 Å². The van der Waals surface area contributed by atoms with Crippen molar-refractivity contribution in [2.75, 3.05) is 97.4 Å². The number of ether oxygens (including phenoxy) is 6. The molecule has 8 aliphatic heterocycles. The van der Waals surface area contributed by atoms with Crippen LogP contribution in [0.2, 0.25) is 0 Å². The minimum atomic E-state index is -4.62. The summed E-state index contributed by atoms with van der Waals surface area (Å²) >= 11 is 0. The SMILES string of the molecule is CC1(C(F)(F)F)OCCn2c1nc1c(N3CC4CC3C4)nc(-c3cnc(N)nc3)nc12.CCC(C)Oc1cc(-c2nc(N3CC(F)(F)C3)c3nc4n(c3n2)CCOC4(C)C)cnc1N.COC1C2CCC1N(c1nc(-c3cnc(N)nc3)nc3c1nc1n3CCOC1(C)C)C2.Nc1ncc(-c2nc(C3CC3)c3nc4n(c3n2)CCOC42CCC2)cn1. The van der Waals surface area contributed by atoms with E-state index in [0.717, 1.165) is 135 Å². The van der Waals surface area contributed by atoms with E-state index in [2.05, 4.69) is 68.8 Å². The molecule has 4 bridgehead atoms. The van der Waals surface area contributed by atoms with Crippen LogP contribution in [-0.4, -0.2) is 209 Å². The van der Waals surface area contributed by atoms with Crippen LogP contribution in [0.4, 0.5) is 63.1 Å². The monoisotopic (exact) mass is 1660 g/mol. The van der Waals surface area contributed by atoms with E-state index in [1.165, 1.54) is 34.7 Å². The number of pyridine rings is 1. The van der Waals surface area contributed by atoms with E-state index in [0.29, 0.717) is 143 Å². The van der Waals surface area contributed by atoms with Gasteiger partial charge in [0.1, 0.15) is 39.8 Å². The quantitative estimate of drug-likeness (QED) is 0.0826. The second-order valence-electron chi connectivity index (χ2n) is 34.2. The van der Waals surface area contributed by atoms with Gasteiger partial charge in [-0.25, -0.2) is 103 Å². The van der Waals surface area contributed by atoms with Gasteiger partial charge < -0.3 is 84.3 Å². The van der Waals surface area contributed by atoms with Crippen molar-refractivity contribution >= 4 is 85.8 Å². The van der Waals surface area contributed by atoms with E-state index < -0.39 is 42.0 Å².